The molecule has 2 aromatic carbocycles. The highest BCUT2D eigenvalue weighted by molar-refractivity contribution is 6.31. The number of halogens is 2. The van der Waals surface area contributed by atoms with Crippen molar-refractivity contribution in [3.63, 3.8) is 0 Å². The van der Waals surface area contributed by atoms with Gasteiger partial charge in [-0.3, -0.25) is 4.79 Å². The number of aliphatic hydroxyl groups is 1. The Hall–Kier alpha value is -2.64. The minimum absolute atomic E-state index is 0.0752. The molecule has 0 saturated carbocycles. The van der Waals surface area contributed by atoms with Gasteiger partial charge in [0.05, 0.1) is 11.6 Å². The van der Waals surface area contributed by atoms with Crippen molar-refractivity contribution >= 4 is 28.5 Å². The van der Waals surface area contributed by atoms with Gasteiger partial charge in [0.1, 0.15) is 22.9 Å². The smallest absolute Gasteiger partial charge is 0.253 e. The van der Waals surface area contributed by atoms with Crippen molar-refractivity contribution in [2.45, 2.75) is 25.9 Å². The van der Waals surface area contributed by atoms with Gasteiger partial charge in [-0.25, -0.2) is 9.37 Å². The van der Waals surface area contributed by atoms with Crippen LogP contribution < -0.4 is 0 Å². The summed E-state index contributed by atoms with van der Waals surface area (Å²) < 4.78 is 15.1. The fraction of sp³-hybridized carbons (Fsp3) is 0.333. The summed E-state index contributed by atoms with van der Waals surface area (Å²) in [5.74, 6) is -0.119. The SMILES string of the molecule is Cc1nc2c(O)c(CC[C@@H](O)c3ccc(F)cc3Cl)c(C(=O)N(C)C)cc2n1C. The molecule has 0 fully saturated rings. The topological polar surface area (TPSA) is 78.6 Å². The van der Waals surface area contributed by atoms with Crippen molar-refractivity contribution < 1.29 is 19.4 Å². The van der Waals surface area contributed by atoms with Crippen LogP contribution in [-0.2, 0) is 13.5 Å². The Morgan fingerprint density at radius 2 is 2.03 bits per heavy atom. The van der Waals surface area contributed by atoms with E-state index in [0.29, 0.717) is 33.5 Å². The molecule has 0 spiro atoms. The van der Waals surface area contributed by atoms with E-state index in [1.807, 2.05) is 14.0 Å². The average Bonchev–Trinajstić information content (AvgIpc) is 2.94. The van der Waals surface area contributed by atoms with Crippen LogP contribution in [0, 0.1) is 12.7 Å². The zero-order valence-electron chi connectivity index (χ0n) is 16.7. The summed E-state index contributed by atoms with van der Waals surface area (Å²) in [6.07, 6.45) is -0.587. The summed E-state index contributed by atoms with van der Waals surface area (Å²) in [7, 11) is 5.08. The maximum absolute atomic E-state index is 13.3. The standard InChI is InChI=1S/C21H23ClFN3O3/c1-11-24-19-17(26(11)4)10-15(21(29)25(2)3)13(20(19)28)7-8-18(27)14-6-5-12(23)9-16(14)22/h5-6,9-10,18,27-28H,7-8H2,1-4H3/t18-/m1/s1. The van der Waals surface area contributed by atoms with E-state index in [4.69, 9.17) is 11.6 Å². The van der Waals surface area contributed by atoms with E-state index in [2.05, 4.69) is 4.98 Å². The third-order valence-electron chi connectivity index (χ3n) is 5.11. The number of aromatic nitrogens is 2. The molecule has 0 aliphatic rings. The van der Waals surface area contributed by atoms with Crippen LogP contribution in [0.15, 0.2) is 24.3 Å². The second-order valence-electron chi connectivity index (χ2n) is 7.26. The quantitative estimate of drug-likeness (QED) is 0.660. The number of aliphatic hydroxyl groups excluding tert-OH is 1. The van der Waals surface area contributed by atoms with Gasteiger partial charge in [-0.15, -0.1) is 0 Å². The second-order valence-corrected chi connectivity index (χ2v) is 7.66. The number of phenols is 1. The van der Waals surface area contributed by atoms with Crippen molar-refractivity contribution in [3.8, 4) is 5.75 Å². The van der Waals surface area contributed by atoms with Crippen LogP contribution in [0.4, 0.5) is 4.39 Å². The molecule has 3 aromatic rings. The molecular formula is C21H23ClFN3O3. The van der Waals surface area contributed by atoms with Gasteiger partial charge < -0.3 is 19.7 Å². The zero-order chi connectivity index (χ0) is 21.5. The van der Waals surface area contributed by atoms with Crippen LogP contribution in [-0.4, -0.2) is 44.7 Å². The lowest BCUT2D eigenvalue weighted by Gasteiger charge is -2.18. The number of carbonyl (C=O) groups is 1. The molecule has 0 radical (unpaired) electrons. The first-order chi connectivity index (χ1) is 13.6. The van der Waals surface area contributed by atoms with Crippen LogP contribution in [0.5, 0.6) is 5.75 Å². The first kappa shape index (κ1) is 21.1. The Morgan fingerprint density at radius 1 is 1.34 bits per heavy atom. The highest BCUT2D eigenvalue weighted by Gasteiger charge is 2.23. The molecule has 2 N–H and O–H groups in total. The average molecular weight is 420 g/mol. The normalized spacial score (nSPS) is 12.4. The fourth-order valence-electron chi connectivity index (χ4n) is 3.35. The molecule has 0 aliphatic heterocycles. The van der Waals surface area contributed by atoms with Crippen molar-refractivity contribution in [1.29, 1.82) is 0 Å². The van der Waals surface area contributed by atoms with E-state index in [9.17, 15) is 19.4 Å². The summed E-state index contributed by atoms with van der Waals surface area (Å²) in [5, 5.41) is 21.5. The van der Waals surface area contributed by atoms with Crippen molar-refractivity contribution in [2.75, 3.05) is 14.1 Å². The maximum Gasteiger partial charge on any atom is 0.253 e. The van der Waals surface area contributed by atoms with E-state index in [1.54, 1.807) is 24.7 Å². The number of imidazole rings is 1. The summed E-state index contributed by atoms with van der Waals surface area (Å²) in [4.78, 5) is 18.6. The number of benzene rings is 2. The molecule has 1 amide bonds. The number of carbonyl (C=O) groups excluding carboxylic acids is 1. The largest absolute Gasteiger partial charge is 0.505 e. The third-order valence-corrected chi connectivity index (χ3v) is 5.43. The van der Waals surface area contributed by atoms with Gasteiger partial charge in [0, 0.05) is 37.3 Å². The lowest BCUT2D eigenvalue weighted by atomic mass is 9.95. The molecule has 6 nitrogen and oxygen atoms in total. The lowest BCUT2D eigenvalue weighted by molar-refractivity contribution is 0.0825. The van der Waals surface area contributed by atoms with Crippen molar-refractivity contribution in [2.24, 2.45) is 7.05 Å². The number of nitrogens with zero attached hydrogens (tertiary/aromatic N) is 3. The fourth-order valence-corrected chi connectivity index (χ4v) is 3.65. The number of rotatable bonds is 5. The van der Waals surface area contributed by atoms with Gasteiger partial charge in [-0.1, -0.05) is 17.7 Å². The molecule has 1 heterocycles. The first-order valence-electron chi connectivity index (χ1n) is 9.14. The molecule has 1 atom stereocenters. The zero-order valence-corrected chi connectivity index (χ0v) is 17.5. The number of hydrogen-bond acceptors (Lipinski definition) is 4. The predicted octanol–water partition coefficient (Wildman–Crippen LogP) is 3.75. The minimum atomic E-state index is -0.981. The Bertz CT molecular complexity index is 1090. The Balaban J connectivity index is 2.02. The van der Waals surface area contributed by atoms with E-state index in [-0.39, 0.29) is 29.5 Å². The van der Waals surface area contributed by atoms with Gasteiger partial charge in [0.2, 0.25) is 0 Å². The number of aromatic hydroxyl groups is 1. The van der Waals surface area contributed by atoms with Gasteiger partial charge >= 0.3 is 0 Å². The summed E-state index contributed by atoms with van der Waals surface area (Å²) in [6, 6.07) is 5.51. The molecular weight excluding hydrogens is 397 g/mol. The van der Waals surface area contributed by atoms with Gasteiger partial charge in [0.15, 0.2) is 0 Å². The number of amides is 1. The molecule has 0 saturated heterocycles. The maximum atomic E-state index is 13.3. The van der Waals surface area contributed by atoms with Crippen LogP contribution in [0.25, 0.3) is 11.0 Å². The summed E-state index contributed by atoms with van der Waals surface area (Å²) in [5.41, 5.74) is 2.20. The van der Waals surface area contributed by atoms with E-state index < -0.39 is 11.9 Å². The van der Waals surface area contributed by atoms with Crippen molar-refractivity contribution in [3.05, 3.63) is 57.6 Å². The highest BCUT2D eigenvalue weighted by atomic mass is 35.5. The van der Waals surface area contributed by atoms with Crippen LogP contribution >= 0.6 is 11.6 Å². The van der Waals surface area contributed by atoms with Crippen molar-refractivity contribution in [1.82, 2.24) is 14.5 Å². The first-order valence-corrected chi connectivity index (χ1v) is 9.52. The van der Waals surface area contributed by atoms with Gasteiger partial charge in [-0.2, -0.15) is 0 Å². The number of aryl methyl sites for hydroxylation is 2. The molecule has 0 aliphatic carbocycles. The Labute approximate surface area is 173 Å². The molecule has 0 unspecified atom stereocenters. The van der Waals surface area contributed by atoms with Gasteiger partial charge in [-0.05, 0) is 43.5 Å². The monoisotopic (exact) mass is 419 g/mol. The Morgan fingerprint density at radius 3 is 2.66 bits per heavy atom. The molecule has 29 heavy (non-hydrogen) atoms. The summed E-state index contributed by atoms with van der Waals surface area (Å²) >= 11 is 6.04. The van der Waals surface area contributed by atoms with E-state index in [1.165, 1.54) is 17.0 Å². The molecule has 154 valence electrons. The van der Waals surface area contributed by atoms with E-state index in [0.717, 1.165) is 6.07 Å². The molecule has 1 aromatic heterocycles. The molecule has 3 rings (SSSR count). The lowest BCUT2D eigenvalue weighted by Crippen LogP contribution is -2.23. The Kier molecular flexibility index (Phi) is 5.82. The molecule has 8 heteroatoms. The second kappa shape index (κ2) is 8.00. The number of phenolic OH excluding ortho intramolecular Hbond substituents is 1. The molecule has 0 bridgehead atoms. The van der Waals surface area contributed by atoms with Crippen LogP contribution in [0.2, 0.25) is 5.02 Å². The number of fused-ring (bicyclic) bond motifs is 1. The minimum Gasteiger partial charge on any atom is -0.505 e. The predicted molar refractivity (Wildman–Crippen MR) is 110 cm³/mol. The third kappa shape index (κ3) is 3.93. The van der Waals surface area contributed by atoms with E-state index >= 15 is 0 Å². The van der Waals surface area contributed by atoms with Gasteiger partial charge in [0.25, 0.3) is 5.91 Å². The van der Waals surface area contributed by atoms with Crippen LogP contribution in [0.3, 0.4) is 0 Å². The van der Waals surface area contributed by atoms with Crippen LogP contribution in [0.1, 0.15) is 39.8 Å². The summed E-state index contributed by atoms with van der Waals surface area (Å²) in [6.45, 7) is 1.81. The number of hydrogen-bond donors (Lipinski definition) is 2. The highest BCUT2D eigenvalue weighted by Crippen LogP contribution is 2.35.